The average molecular weight is 401 g/mol. The zero-order chi connectivity index (χ0) is 18.9. The second-order valence-electron chi connectivity index (χ2n) is 5.17. The summed E-state index contributed by atoms with van der Waals surface area (Å²) in [5.41, 5.74) is -0.762. The monoisotopic (exact) mass is 400 g/mol. The van der Waals surface area contributed by atoms with E-state index in [0.29, 0.717) is 0 Å². The molecule has 0 saturated carbocycles. The summed E-state index contributed by atoms with van der Waals surface area (Å²) in [6.45, 7) is 0. The van der Waals surface area contributed by atoms with Crippen molar-refractivity contribution in [2.45, 2.75) is 6.18 Å². The number of alkyl halides is 3. The molecular weight excluding hydrogens is 392 g/mol. The van der Waals surface area contributed by atoms with Crippen LogP contribution in [0.4, 0.5) is 23.2 Å². The lowest BCUT2D eigenvalue weighted by atomic mass is 10.2. The Morgan fingerprint density at radius 2 is 1.88 bits per heavy atom. The lowest BCUT2D eigenvalue weighted by Gasteiger charge is -2.06. The third-order valence-corrected chi connectivity index (χ3v) is 4.57. The molecule has 1 amide bonds. The van der Waals surface area contributed by atoms with Crippen LogP contribution in [0, 0.1) is 5.82 Å². The molecular formula is C17H9ClF4N2OS. The number of benzene rings is 2. The highest BCUT2D eigenvalue weighted by atomic mass is 35.5. The van der Waals surface area contributed by atoms with Gasteiger partial charge in [0, 0.05) is 5.56 Å². The minimum absolute atomic E-state index is 0.0350. The maximum atomic E-state index is 13.8. The van der Waals surface area contributed by atoms with E-state index in [4.69, 9.17) is 11.6 Å². The van der Waals surface area contributed by atoms with Crippen LogP contribution in [-0.4, -0.2) is 11.1 Å². The Balaban J connectivity index is 1.88. The summed E-state index contributed by atoms with van der Waals surface area (Å²) in [5, 5.41) is 2.65. The van der Waals surface area contributed by atoms with E-state index in [-0.39, 0.29) is 26.3 Å². The van der Waals surface area contributed by atoms with Gasteiger partial charge in [0.25, 0.3) is 5.91 Å². The fourth-order valence-corrected chi connectivity index (χ4v) is 3.17. The summed E-state index contributed by atoms with van der Waals surface area (Å²) in [4.78, 5) is 16.1. The van der Waals surface area contributed by atoms with Crippen LogP contribution >= 0.6 is 23.4 Å². The molecule has 1 N–H and O–H groups in total. The number of halogens is 5. The van der Waals surface area contributed by atoms with E-state index in [0.717, 1.165) is 23.9 Å². The molecule has 134 valence electrons. The van der Waals surface area contributed by atoms with E-state index in [1.165, 1.54) is 36.4 Å². The molecule has 0 unspecified atom stereocenters. The van der Waals surface area contributed by atoms with Gasteiger partial charge in [-0.3, -0.25) is 4.79 Å². The first kappa shape index (κ1) is 18.5. The predicted octanol–water partition coefficient (Wildman–Crippen LogP) is 5.39. The Hall–Kier alpha value is -2.32. The molecule has 1 aliphatic rings. The van der Waals surface area contributed by atoms with Gasteiger partial charge in [0.1, 0.15) is 5.82 Å². The highest BCUT2D eigenvalue weighted by Gasteiger charge is 2.30. The summed E-state index contributed by atoms with van der Waals surface area (Å²) in [6, 6.07) is 8.51. The number of rotatable bonds is 2. The molecule has 2 aromatic carbocycles. The molecule has 26 heavy (non-hydrogen) atoms. The van der Waals surface area contributed by atoms with E-state index in [9.17, 15) is 22.4 Å². The van der Waals surface area contributed by atoms with E-state index in [2.05, 4.69) is 10.3 Å². The van der Waals surface area contributed by atoms with Gasteiger partial charge in [0.2, 0.25) is 0 Å². The summed E-state index contributed by atoms with van der Waals surface area (Å²) in [5.74, 6) is -1.14. The van der Waals surface area contributed by atoms with Gasteiger partial charge in [0.15, 0.2) is 5.17 Å². The van der Waals surface area contributed by atoms with Gasteiger partial charge < -0.3 is 5.32 Å². The molecule has 0 radical (unpaired) electrons. The van der Waals surface area contributed by atoms with Crippen LogP contribution in [0.1, 0.15) is 11.1 Å². The third-order valence-electron chi connectivity index (χ3n) is 3.33. The van der Waals surface area contributed by atoms with Crippen LogP contribution in [0.3, 0.4) is 0 Å². The summed E-state index contributed by atoms with van der Waals surface area (Å²) < 4.78 is 52.1. The number of hydrogen-bond donors (Lipinski definition) is 1. The SMILES string of the molecule is O=C1NC(=Nc2cccc(C(F)(F)F)c2)S/C1=C\c1c(F)cccc1Cl. The lowest BCUT2D eigenvalue weighted by Crippen LogP contribution is -2.19. The maximum Gasteiger partial charge on any atom is 0.416 e. The Labute approximate surface area is 154 Å². The van der Waals surface area contributed by atoms with Crippen molar-refractivity contribution in [1.29, 1.82) is 0 Å². The molecule has 0 aliphatic carbocycles. The number of carbonyl (C=O) groups is 1. The number of aliphatic imine (C=N–C) groups is 1. The van der Waals surface area contributed by atoms with E-state index >= 15 is 0 Å². The zero-order valence-corrected chi connectivity index (χ0v) is 14.3. The number of amides is 1. The third kappa shape index (κ3) is 4.08. The largest absolute Gasteiger partial charge is 0.416 e. The molecule has 3 nitrogen and oxygen atoms in total. The molecule has 0 bridgehead atoms. The summed E-state index contributed by atoms with van der Waals surface area (Å²) in [7, 11) is 0. The fourth-order valence-electron chi connectivity index (χ4n) is 2.13. The van der Waals surface area contributed by atoms with Crippen LogP contribution in [-0.2, 0) is 11.0 Å². The minimum atomic E-state index is -4.49. The predicted molar refractivity (Wildman–Crippen MR) is 93.7 cm³/mol. The first-order valence-electron chi connectivity index (χ1n) is 7.15. The van der Waals surface area contributed by atoms with Crippen molar-refractivity contribution in [3.63, 3.8) is 0 Å². The molecule has 1 heterocycles. The molecule has 2 aromatic rings. The average Bonchev–Trinajstić information content (AvgIpc) is 2.90. The van der Waals surface area contributed by atoms with Crippen LogP contribution in [0.5, 0.6) is 0 Å². The van der Waals surface area contributed by atoms with Gasteiger partial charge >= 0.3 is 6.18 Å². The molecule has 0 atom stereocenters. The number of amidine groups is 1. The zero-order valence-electron chi connectivity index (χ0n) is 12.8. The van der Waals surface area contributed by atoms with E-state index in [1.54, 1.807) is 0 Å². The van der Waals surface area contributed by atoms with Gasteiger partial charge in [0.05, 0.1) is 21.2 Å². The van der Waals surface area contributed by atoms with Crippen molar-refractivity contribution in [1.82, 2.24) is 5.32 Å². The van der Waals surface area contributed by atoms with Crippen LogP contribution in [0.15, 0.2) is 52.4 Å². The van der Waals surface area contributed by atoms with Crippen molar-refractivity contribution in [2.24, 2.45) is 4.99 Å². The standard InChI is InChI=1S/C17H9ClF4N2OS/c18-12-5-2-6-13(19)11(12)8-14-15(25)24-16(26-14)23-10-4-1-3-9(7-10)17(20,21)22/h1-8H,(H,23,24,25)/b14-8-. The first-order valence-corrected chi connectivity index (χ1v) is 8.34. The van der Waals surface area contributed by atoms with Gasteiger partial charge in [-0.15, -0.1) is 0 Å². The Morgan fingerprint density at radius 3 is 2.58 bits per heavy atom. The molecule has 1 saturated heterocycles. The van der Waals surface area contributed by atoms with Crippen molar-refractivity contribution in [3.05, 3.63) is 69.3 Å². The second-order valence-corrected chi connectivity index (χ2v) is 6.60. The number of carbonyl (C=O) groups excluding carboxylic acids is 1. The molecule has 1 aliphatic heterocycles. The Bertz CT molecular complexity index is 920. The van der Waals surface area contributed by atoms with E-state index < -0.39 is 23.5 Å². The van der Waals surface area contributed by atoms with Crippen molar-refractivity contribution >= 4 is 46.2 Å². The van der Waals surface area contributed by atoms with E-state index in [1.807, 2.05) is 0 Å². The molecule has 1 fully saturated rings. The number of thioether (sulfide) groups is 1. The maximum absolute atomic E-state index is 13.8. The Morgan fingerprint density at radius 1 is 1.15 bits per heavy atom. The summed E-state index contributed by atoms with van der Waals surface area (Å²) >= 11 is 6.80. The van der Waals surface area contributed by atoms with Gasteiger partial charge in [-0.1, -0.05) is 23.7 Å². The molecule has 0 aromatic heterocycles. The highest BCUT2D eigenvalue weighted by molar-refractivity contribution is 8.18. The van der Waals surface area contributed by atoms with Crippen molar-refractivity contribution in [2.75, 3.05) is 0 Å². The molecule has 9 heteroatoms. The lowest BCUT2D eigenvalue weighted by molar-refractivity contribution is -0.137. The normalized spacial score (nSPS) is 17.8. The van der Waals surface area contributed by atoms with Gasteiger partial charge in [-0.25, -0.2) is 9.38 Å². The Kier molecular flexibility index (Phi) is 5.06. The fraction of sp³-hybridized carbons (Fsp3) is 0.0588. The topological polar surface area (TPSA) is 41.5 Å². The number of nitrogens with one attached hydrogen (secondary N) is 1. The summed E-state index contributed by atoms with van der Waals surface area (Å²) in [6.07, 6.45) is -3.22. The number of hydrogen-bond acceptors (Lipinski definition) is 3. The molecule has 0 spiro atoms. The molecule has 3 rings (SSSR count). The van der Waals surface area contributed by atoms with Gasteiger partial charge in [-0.2, -0.15) is 13.2 Å². The quantitative estimate of drug-likeness (QED) is 0.542. The van der Waals surface area contributed by atoms with Gasteiger partial charge in [-0.05, 0) is 48.2 Å². The van der Waals surface area contributed by atoms with Crippen LogP contribution in [0.25, 0.3) is 6.08 Å². The van der Waals surface area contributed by atoms with Crippen LogP contribution in [0.2, 0.25) is 5.02 Å². The second kappa shape index (κ2) is 7.13. The first-order chi connectivity index (χ1) is 12.2. The number of nitrogens with zero attached hydrogens (tertiary/aromatic N) is 1. The van der Waals surface area contributed by atoms with Crippen molar-refractivity contribution in [3.8, 4) is 0 Å². The minimum Gasteiger partial charge on any atom is -0.300 e. The highest BCUT2D eigenvalue weighted by Crippen LogP contribution is 2.33. The van der Waals surface area contributed by atoms with Crippen LogP contribution < -0.4 is 5.32 Å². The van der Waals surface area contributed by atoms with Crippen molar-refractivity contribution < 1.29 is 22.4 Å². The smallest absolute Gasteiger partial charge is 0.300 e.